The second kappa shape index (κ2) is 9.18. The molecule has 1 aromatic heterocycles. The Labute approximate surface area is 208 Å². The summed E-state index contributed by atoms with van der Waals surface area (Å²) in [5, 5.41) is 5.83. The van der Waals surface area contributed by atoms with E-state index in [1.807, 2.05) is 74.4 Å². The third-order valence-electron chi connectivity index (χ3n) is 6.01. The minimum atomic E-state index is -0.260. The monoisotopic (exact) mass is 481 g/mol. The van der Waals surface area contributed by atoms with Crippen LogP contribution < -0.4 is 15.5 Å². The van der Waals surface area contributed by atoms with Crippen LogP contribution in [0, 0.1) is 0 Å². The van der Waals surface area contributed by atoms with E-state index in [1.165, 1.54) is 0 Å². The average Bonchev–Trinajstić information content (AvgIpc) is 3.48. The molecule has 182 valence electrons. The molecule has 9 heteroatoms. The van der Waals surface area contributed by atoms with Gasteiger partial charge in [0.15, 0.2) is 0 Å². The summed E-state index contributed by atoms with van der Waals surface area (Å²) >= 11 is 0. The van der Waals surface area contributed by atoms with Crippen molar-refractivity contribution >= 4 is 51.7 Å². The highest BCUT2D eigenvalue weighted by molar-refractivity contribution is 6.07. The number of imidazole rings is 1. The molecule has 2 amide bonds. The highest BCUT2D eigenvalue weighted by Gasteiger charge is 2.17. The number of aromatic amines is 1. The topological polar surface area (TPSA) is 106 Å². The number of H-pyrrole nitrogens is 1. The van der Waals surface area contributed by atoms with E-state index in [9.17, 15) is 9.59 Å². The Kier molecular flexibility index (Phi) is 5.89. The number of benzene rings is 3. The van der Waals surface area contributed by atoms with Gasteiger partial charge in [-0.25, -0.2) is 9.98 Å². The molecule has 0 fully saturated rings. The van der Waals surface area contributed by atoms with Gasteiger partial charge < -0.3 is 25.4 Å². The van der Waals surface area contributed by atoms with Crippen LogP contribution >= 0.6 is 0 Å². The number of aromatic nitrogens is 2. The van der Waals surface area contributed by atoms with E-state index < -0.39 is 0 Å². The van der Waals surface area contributed by atoms with Crippen molar-refractivity contribution in [2.24, 2.45) is 4.99 Å². The number of amides is 2. The van der Waals surface area contributed by atoms with Gasteiger partial charge in [-0.05, 0) is 66.2 Å². The molecule has 3 aromatic carbocycles. The number of hydrogen-bond donors (Lipinski definition) is 3. The summed E-state index contributed by atoms with van der Waals surface area (Å²) in [5.41, 5.74) is 5.94. The molecule has 5 rings (SSSR count). The molecule has 0 saturated heterocycles. The van der Waals surface area contributed by atoms with Crippen LogP contribution in [-0.4, -0.2) is 60.7 Å². The van der Waals surface area contributed by atoms with E-state index in [4.69, 9.17) is 0 Å². The molecule has 0 radical (unpaired) electrons. The summed E-state index contributed by atoms with van der Waals surface area (Å²) in [4.78, 5) is 41.7. The lowest BCUT2D eigenvalue weighted by atomic mass is 10.1. The Balaban J connectivity index is 1.23. The van der Waals surface area contributed by atoms with Gasteiger partial charge in [-0.1, -0.05) is 0 Å². The molecule has 36 heavy (non-hydrogen) atoms. The Bertz CT molecular complexity index is 1500. The maximum Gasteiger partial charge on any atom is 0.255 e. The summed E-state index contributed by atoms with van der Waals surface area (Å²) in [5.74, 6) is 1.23. The quantitative estimate of drug-likeness (QED) is 0.395. The van der Waals surface area contributed by atoms with E-state index in [2.05, 4.69) is 25.6 Å². The van der Waals surface area contributed by atoms with Gasteiger partial charge in [-0.3, -0.25) is 9.59 Å². The number of anilines is 3. The summed E-state index contributed by atoms with van der Waals surface area (Å²) in [6.07, 6.45) is 0.736. The minimum absolute atomic E-state index is 0.241. The molecule has 1 aliphatic heterocycles. The largest absolute Gasteiger partial charge is 0.366 e. The van der Waals surface area contributed by atoms with Gasteiger partial charge in [0, 0.05) is 57.1 Å². The summed E-state index contributed by atoms with van der Waals surface area (Å²) in [6, 6.07) is 17.8. The number of nitrogens with zero attached hydrogens (tertiary/aromatic N) is 4. The van der Waals surface area contributed by atoms with Gasteiger partial charge in [0.05, 0.1) is 16.7 Å². The lowest BCUT2D eigenvalue weighted by Crippen LogP contribution is -2.21. The van der Waals surface area contributed by atoms with Gasteiger partial charge in [-0.2, -0.15) is 0 Å². The van der Waals surface area contributed by atoms with E-state index >= 15 is 0 Å². The smallest absolute Gasteiger partial charge is 0.255 e. The van der Waals surface area contributed by atoms with Gasteiger partial charge in [0.1, 0.15) is 5.84 Å². The second-order valence-electron chi connectivity index (χ2n) is 9.12. The highest BCUT2D eigenvalue weighted by Crippen LogP contribution is 2.30. The number of fused-ring (bicyclic) bond motifs is 2. The number of rotatable bonds is 5. The Morgan fingerprint density at radius 3 is 2.03 bits per heavy atom. The predicted octanol–water partition coefficient (Wildman–Crippen LogP) is 4.28. The molecular formula is C27H27N7O2. The number of likely N-dealkylation sites (N-methyl/N-ethyl adjacent to an activating group) is 1. The number of carbonyl (C=O) groups excluding carboxylic acids is 2. The zero-order valence-corrected chi connectivity index (χ0v) is 20.6. The maximum absolute atomic E-state index is 12.8. The number of aliphatic imine (C=N–C) groups is 1. The molecular weight excluding hydrogens is 454 g/mol. The number of hydrogen-bond acceptors (Lipinski definition) is 6. The Morgan fingerprint density at radius 1 is 0.806 bits per heavy atom. The van der Waals surface area contributed by atoms with E-state index in [1.54, 1.807) is 24.3 Å². The van der Waals surface area contributed by atoms with Gasteiger partial charge in [0.2, 0.25) is 5.95 Å². The lowest BCUT2D eigenvalue weighted by Gasteiger charge is -2.10. The Hall–Kier alpha value is -4.66. The predicted molar refractivity (Wildman–Crippen MR) is 144 cm³/mol. The van der Waals surface area contributed by atoms with Gasteiger partial charge in [-0.15, -0.1) is 0 Å². The van der Waals surface area contributed by atoms with E-state index in [-0.39, 0.29) is 11.8 Å². The molecule has 0 unspecified atom stereocenters. The van der Waals surface area contributed by atoms with Crippen LogP contribution in [0.1, 0.15) is 26.3 Å². The first-order valence-electron chi connectivity index (χ1n) is 11.5. The van der Waals surface area contributed by atoms with Crippen LogP contribution in [0.4, 0.5) is 23.0 Å². The fourth-order valence-electron chi connectivity index (χ4n) is 3.99. The van der Waals surface area contributed by atoms with Crippen LogP contribution in [0.3, 0.4) is 0 Å². The van der Waals surface area contributed by atoms with Gasteiger partial charge in [0.25, 0.3) is 11.8 Å². The zero-order chi connectivity index (χ0) is 25.4. The van der Waals surface area contributed by atoms with Crippen molar-refractivity contribution in [2.75, 3.05) is 43.7 Å². The lowest BCUT2D eigenvalue weighted by molar-refractivity contribution is 0.101. The first kappa shape index (κ1) is 23.1. The highest BCUT2D eigenvalue weighted by atomic mass is 16.2. The van der Waals surface area contributed by atoms with Crippen molar-refractivity contribution in [3.05, 3.63) is 77.4 Å². The first-order valence-corrected chi connectivity index (χ1v) is 11.5. The normalized spacial score (nSPS) is 12.2. The average molecular weight is 482 g/mol. The minimum Gasteiger partial charge on any atom is -0.366 e. The van der Waals surface area contributed by atoms with Crippen molar-refractivity contribution in [2.45, 2.75) is 6.42 Å². The fourth-order valence-corrected chi connectivity index (χ4v) is 3.99. The summed E-state index contributed by atoms with van der Waals surface area (Å²) in [6.45, 7) is 0. The molecule has 0 aliphatic carbocycles. The van der Waals surface area contributed by atoms with Crippen LogP contribution in [0.2, 0.25) is 0 Å². The third kappa shape index (κ3) is 4.63. The van der Waals surface area contributed by atoms with Crippen LogP contribution in [0.15, 0.2) is 65.7 Å². The van der Waals surface area contributed by atoms with Crippen molar-refractivity contribution in [1.29, 1.82) is 0 Å². The van der Waals surface area contributed by atoms with Crippen LogP contribution in [-0.2, 0) is 6.42 Å². The first-order chi connectivity index (χ1) is 17.3. The molecule has 1 aliphatic rings. The fraction of sp³-hybridized carbons (Fsp3) is 0.185. The second-order valence-corrected chi connectivity index (χ2v) is 9.12. The number of amidine groups is 1. The molecule has 9 nitrogen and oxygen atoms in total. The molecule has 0 saturated carbocycles. The van der Waals surface area contributed by atoms with Crippen molar-refractivity contribution in [1.82, 2.24) is 14.9 Å². The van der Waals surface area contributed by atoms with Crippen molar-refractivity contribution in [3.63, 3.8) is 0 Å². The third-order valence-corrected chi connectivity index (χ3v) is 6.01. The molecule has 3 N–H and O–H groups in total. The summed E-state index contributed by atoms with van der Waals surface area (Å²) in [7, 11) is 7.75. The molecule has 0 bridgehead atoms. The standard InChI is InChI=1S/C27H27N7O2/c1-33(2)24-14-18-13-19(9-11-21(18)30-24)28-25(35)16-5-7-17(8-6-16)26(36)29-20-10-12-22-23(15-20)32-27(31-22)34(3)4/h5-13,15H,14H2,1-4H3,(H,28,35)(H,29,36)(H,31,32). The summed E-state index contributed by atoms with van der Waals surface area (Å²) < 4.78 is 0. The van der Waals surface area contributed by atoms with Crippen LogP contribution in [0.25, 0.3) is 11.0 Å². The molecule has 2 heterocycles. The number of carbonyl (C=O) groups is 2. The SMILES string of the molecule is CN(C)C1=Nc2ccc(NC(=O)c3ccc(C(=O)Nc4ccc5nc(N(C)C)[nH]c5c4)cc3)cc2C1. The van der Waals surface area contributed by atoms with Gasteiger partial charge >= 0.3 is 0 Å². The van der Waals surface area contributed by atoms with E-state index in [0.29, 0.717) is 22.5 Å². The zero-order valence-electron chi connectivity index (χ0n) is 20.6. The molecule has 0 atom stereocenters. The Morgan fingerprint density at radius 2 is 1.42 bits per heavy atom. The van der Waals surface area contributed by atoms with Crippen molar-refractivity contribution < 1.29 is 9.59 Å². The molecule has 0 spiro atoms. The van der Waals surface area contributed by atoms with E-state index in [0.717, 1.165) is 40.5 Å². The number of nitrogens with one attached hydrogen (secondary N) is 3. The van der Waals surface area contributed by atoms with Crippen LogP contribution in [0.5, 0.6) is 0 Å². The van der Waals surface area contributed by atoms with Crippen molar-refractivity contribution in [3.8, 4) is 0 Å². The maximum atomic E-state index is 12.8. The molecule has 4 aromatic rings.